The van der Waals surface area contributed by atoms with Crippen molar-refractivity contribution in [2.24, 2.45) is 0 Å². The minimum Gasteiger partial charge on any atom is -0.481 e. The normalized spacial score (nSPS) is 10.1. The summed E-state index contributed by atoms with van der Waals surface area (Å²) in [5, 5.41) is 10.9. The van der Waals surface area contributed by atoms with Gasteiger partial charge in [-0.3, -0.25) is 9.59 Å². The van der Waals surface area contributed by atoms with Crippen molar-refractivity contribution in [3.8, 4) is 0 Å². The number of hydrogen-bond acceptors (Lipinski definition) is 2. The number of benzene rings is 1. The third-order valence-electron chi connectivity index (χ3n) is 2.25. The van der Waals surface area contributed by atoms with E-state index in [1.165, 1.54) is 18.2 Å². The number of carbonyl (C=O) groups is 2. The number of carboxylic acids is 1. The minimum atomic E-state index is -0.881. The maximum atomic E-state index is 13.3. The molecule has 18 heavy (non-hydrogen) atoms. The Morgan fingerprint density at radius 3 is 2.61 bits per heavy atom. The van der Waals surface area contributed by atoms with Gasteiger partial charge in [-0.15, -0.1) is 0 Å². The Morgan fingerprint density at radius 2 is 1.94 bits per heavy atom. The Hall–Kier alpha value is -1.43. The Balaban J connectivity index is 2.40. The van der Waals surface area contributed by atoms with Crippen LogP contribution in [-0.4, -0.2) is 17.0 Å². The van der Waals surface area contributed by atoms with Gasteiger partial charge in [0.1, 0.15) is 5.82 Å². The first-order valence-electron chi connectivity index (χ1n) is 5.45. The maximum absolute atomic E-state index is 13.3. The predicted molar refractivity (Wildman–Crippen MR) is 68.8 cm³/mol. The predicted octanol–water partition coefficient (Wildman–Crippen LogP) is 3.17. The van der Waals surface area contributed by atoms with Gasteiger partial charge in [0, 0.05) is 17.3 Å². The molecule has 0 fully saturated rings. The van der Waals surface area contributed by atoms with Gasteiger partial charge in [0.15, 0.2) is 0 Å². The molecule has 6 heteroatoms. The van der Waals surface area contributed by atoms with Gasteiger partial charge in [0.2, 0.25) is 5.91 Å². The van der Waals surface area contributed by atoms with Crippen LogP contribution in [0.4, 0.5) is 10.1 Å². The van der Waals surface area contributed by atoms with Crippen LogP contribution >= 0.6 is 15.9 Å². The zero-order chi connectivity index (χ0) is 13.5. The average Bonchev–Trinajstić information content (AvgIpc) is 2.29. The molecule has 0 aromatic heterocycles. The van der Waals surface area contributed by atoms with E-state index < -0.39 is 11.8 Å². The molecular weight excluding hydrogens is 305 g/mol. The molecule has 1 rings (SSSR count). The van der Waals surface area contributed by atoms with Gasteiger partial charge < -0.3 is 10.4 Å². The molecule has 2 N–H and O–H groups in total. The monoisotopic (exact) mass is 317 g/mol. The Labute approximate surface area is 112 Å². The van der Waals surface area contributed by atoms with Gasteiger partial charge in [0.05, 0.1) is 5.69 Å². The van der Waals surface area contributed by atoms with Gasteiger partial charge in [0.25, 0.3) is 0 Å². The number of amides is 1. The van der Waals surface area contributed by atoms with Crippen LogP contribution in [0, 0.1) is 5.82 Å². The third kappa shape index (κ3) is 5.27. The lowest BCUT2D eigenvalue weighted by Gasteiger charge is -2.06. The lowest BCUT2D eigenvalue weighted by atomic mass is 10.2. The zero-order valence-corrected chi connectivity index (χ0v) is 11.2. The summed E-state index contributed by atoms with van der Waals surface area (Å²) in [7, 11) is 0. The van der Waals surface area contributed by atoms with E-state index in [0.29, 0.717) is 17.3 Å². The summed E-state index contributed by atoms with van der Waals surface area (Å²) in [5.74, 6) is -1.71. The number of anilines is 1. The lowest BCUT2D eigenvalue weighted by molar-refractivity contribution is -0.137. The molecule has 98 valence electrons. The van der Waals surface area contributed by atoms with E-state index in [1.807, 2.05) is 0 Å². The number of hydrogen-bond donors (Lipinski definition) is 2. The van der Waals surface area contributed by atoms with Crippen molar-refractivity contribution < 1.29 is 19.1 Å². The smallest absolute Gasteiger partial charge is 0.303 e. The quantitative estimate of drug-likeness (QED) is 0.792. The summed E-state index contributed by atoms with van der Waals surface area (Å²) in [6.07, 6.45) is 1.12. The van der Waals surface area contributed by atoms with E-state index in [4.69, 9.17) is 5.11 Å². The first kappa shape index (κ1) is 14.6. The molecular formula is C12H13BrFNO3. The topological polar surface area (TPSA) is 66.4 Å². The third-order valence-corrected chi connectivity index (χ3v) is 2.74. The van der Waals surface area contributed by atoms with Crippen molar-refractivity contribution in [1.82, 2.24) is 0 Å². The summed E-state index contributed by atoms with van der Waals surface area (Å²) in [5.41, 5.74) is 0.118. The molecule has 1 aromatic carbocycles. The highest BCUT2D eigenvalue weighted by atomic mass is 79.9. The molecule has 0 spiro atoms. The SMILES string of the molecule is O=C(O)CCCCC(=O)Nc1cc(Br)ccc1F. The Kier molecular flexibility index (Phi) is 5.77. The maximum Gasteiger partial charge on any atom is 0.303 e. The lowest BCUT2D eigenvalue weighted by Crippen LogP contribution is -2.12. The Morgan fingerprint density at radius 1 is 1.28 bits per heavy atom. The molecule has 4 nitrogen and oxygen atoms in total. The molecule has 0 bridgehead atoms. The largest absolute Gasteiger partial charge is 0.481 e. The number of rotatable bonds is 6. The number of halogens is 2. The van der Waals surface area contributed by atoms with Crippen molar-refractivity contribution in [3.63, 3.8) is 0 Å². The number of nitrogens with one attached hydrogen (secondary N) is 1. The highest BCUT2D eigenvalue weighted by Crippen LogP contribution is 2.20. The molecule has 1 amide bonds. The van der Waals surface area contributed by atoms with Crippen LogP contribution in [-0.2, 0) is 9.59 Å². The van der Waals surface area contributed by atoms with Crippen LogP contribution in [0.5, 0.6) is 0 Å². The summed E-state index contributed by atoms with van der Waals surface area (Å²) in [6, 6.07) is 4.27. The number of carbonyl (C=O) groups excluding carboxylic acids is 1. The second-order valence-corrected chi connectivity index (χ2v) is 4.69. The van der Waals surface area contributed by atoms with Crippen LogP contribution in [0.1, 0.15) is 25.7 Å². The van der Waals surface area contributed by atoms with E-state index in [2.05, 4.69) is 21.2 Å². The summed E-state index contributed by atoms with van der Waals surface area (Å²) in [6.45, 7) is 0. The molecule has 1 aromatic rings. The first-order valence-corrected chi connectivity index (χ1v) is 6.25. The zero-order valence-electron chi connectivity index (χ0n) is 9.58. The van der Waals surface area contributed by atoms with Crippen molar-refractivity contribution in [3.05, 3.63) is 28.5 Å². The van der Waals surface area contributed by atoms with E-state index >= 15 is 0 Å². The standard InChI is InChI=1S/C12H13BrFNO3/c13-8-5-6-9(14)10(7-8)15-11(16)3-1-2-4-12(17)18/h5-7H,1-4H2,(H,15,16)(H,17,18). The van der Waals surface area contributed by atoms with Crippen LogP contribution in [0.15, 0.2) is 22.7 Å². The molecule has 0 atom stereocenters. The molecule has 0 radical (unpaired) electrons. The fourth-order valence-corrected chi connectivity index (χ4v) is 1.73. The fraction of sp³-hybridized carbons (Fsp3) is 0.333. The number of unbranched alkanes of at least 4 members (excludes halogenated alkanes) is 1. The summed E-state index contributed by atoms with van der Waals surface area (Å²) in [4.78, 5) is 21.7. The van der Waals surface area contributed by atoms with Gasteiger partial charge >= 0.3 is 5.97 Å². The van der Waals surface area contributed by atoms with Crippen LogP contribution in [0.25, 0.3) is 0 Å². The van der Waals surface area contributed by atoms with Gasteiger partial charge in [-0.25, -0.2) is 4.39 Å². The van der Waals surface area contributed by atoms with E-state index in [9.17, 15) is 14.0 Å². The van der Waals surface area contributed by atoms with Crippen LogP contribution in [0.2, 0.25) is 0 Å². The van der Waals surface area contributed by atoms with Gasteiger partial charge in [-0.05, 0) is 31.0 Å². The fourth-order valence-electron chi connectivity index (χ4n) is 1.37. The van der Waals surface area contributed by atoms with Crippen molar-refractivity contribution in [1.29, 1.82) is 0 Å². The Bertz CT molecular complexity index is 451. The summed E-state index contributed by atoms with van der Waals surface area (Å²) < 4.78 is 14.0. The molecule has 0 aliphatic heterocycles. The molecule has 0 unspecified atom stereocenters. The highest BCUT2D eigenvalue weighted by molar-refractivity contribution is 9.10. The van der Waals surface area contributed by atoms with Crippen LogP contribution in [0.3, 0.4) is 0 Å². The molecule has 0 aliphatic carbocycles. The summed E-state index contributed by atoms with van der Waals surface area (Å²) >= 11 is 3.18. The van der Waals surface area contributed by atoms with E-state index in [1.54, 1.807) is 0 Å². The first-order chi connectivity index (χ1) is 8.49. The second-order valence-electron chi connectivity index (χ2n) is 3.77. The van der Waals surface area contributed by atoms with E-state index in [0.717, 1.165) is 0 Å². The molecule has 0 heterocycles. The number of carboxylic acid groups (broad SMARTS) is 1. The second kappa shape index (κ2) is 7.10. The van der Waals surface area contributed by atoms with Gasteiger partial charge in [-0.2, -0.15) is 0 Å². The molecule has 0 saturated heterocycles. The average molecular weight is 318 g/mol. The molecule has 0 saturated carbocycles. The van der Waals surface area contributed by atoms with Gasteiger partial charge in [-0.1, -0.05) is 15.9 Å². The minimum absolute atomic E-state index is 0.0402. The molecule has 0 aliphatic rings. The van der Waals surface area contributed by atoms with E-state index in [-0.39, 0.29) is 24.4 Å². The number of aliphatic carboxylic acids is 1. The van der Waals surface area contributed by atoms with Crippen molar-refractivity contribution in [2.45, 2.75) is 25.7 Å². The van der Waals surface area contributed by atoms with Crippen molar-refractivity contribution in [2.75, 3.05) is 5.32 Å². The highest BCUT2D eigenvalue weighted by Gasteiger charge is 2.07. The van der Waals surface area contributed by atoms with Crippen molar-refractivity contribution >= 4 is 33.5 Å². The van der Waals surface area contributed by atoms with Crippen LogP contribution < -0.4 is 5.32 Å².